The minimum absolute atomic E-state index is 0.000716. The number of esters is 1. The molecule has 112 valence electrons. The highest BCUT2D eigenvalue weighted by atomic mass is 19.1. The topological polar surface area (TPSA) is 65.2 Å². The fraction of sp³-hybridized carbons (Fsp3) is 0.357. The molecule has 1 aromatic heterocycles. The molecule has 0 saturated carbocycles. The maximum atomic E-state index is 13.2. The van der Waals surface area contributed by atoms with Crippen molar-refractivity contribution in [3.05, 3.63) is 35.7 Å². The molecule has 0 saturated heterocycles. The molecule has 0 unspecified atom stereocenters. The fourth-order valence-corrected chi connectivity index (χ4v) is 1.68. The molecule has 5 nitrogen and oxygen atoms in total. The van der Waals surface area contributed by atoms with Crippen molar-refractivity contribution in [1.29, 1.82) is 0 Å². The van der Waals surface area contributed by atoms with Crippen LogP contribution in [0.3, 0.4) is 0 Å². The first-order valence-electron chi connectivity index (χ1n) is 6.32. The number of aromatic nitrogens is 2. The molecule has 0 atom stereocenters. The summed E-state index contributed by atoms with van der Waals surface area (Å²) in [7, 11) is 0. The van der Waals surface area contributed by atoms with E-state index in [1.807, 2.05) is 0 Å². The summed E-state index contributed by atoms with van der Waals surface area (Å²) in [6, 6.07) is 2.90. The third-order valence-electron chi connectivity index (χ3n) is 2.87. The molecule has 2 aromatic rings. The summed E-state index contributed by atoms with van der Waals surface area (Å²) in [6.07, 6.45) is 0. The SMILES string of the molecule is CCOC(=O)C(C)(C)c1nc(-c2cc(F)cc(F)c2)no1. The third kappa shape index (κ3) is 3.07. The van der Waals surface area contributed by atoms with E-state index in [9.17, 15) is 13.6 Å². The molecule has 0 spiro atoms. The van der Waals surface area contributed by atoms with Crippen LogP contribution >= 0.6 is 0 Å². The number of nitrogens with zero attached hydrogens (tertiary/aromatic N) is 2. The highest BCUT2D eigenvalue weighted by Crippen LogP contribution is 2.26. The molecule has 0 bridgehead atoms. The normalized spacial score (nSPS) is 11.5. The molecule has 0 fully saturated rings. The van der Waals surface area contributed by atoms with Gasteiger partial charge >= 0.3 is 5.97 Å². The lowest BCUT2D eigenvalue weighted by Gasteiger charge is -2.16. The van der Waals surface area contributed by atoms with E-state index in [4.69, 9.17) is 9.26 Å². The van der Waals surface area contributed by atoms with Crippen molar-refractivity contribution in [2.24, 2.45) is 0 Å². The van der Waals surface area contributed by atoms with E-state index < -0.39 is 23.0 Å². The zero-order valence-corrected chi connectivity index (χ0v) is 11.8. The average Bonchev–Trinajstić information content (AvgIpc) is 2.88. The van der Waals surface area contributed by atoms with Gasteiger partial charge in [0.15, 0.2) is 0 Å². The van der Waals surface area contributed by atoms with E-state index in [2.05, 4.69) is 10.1 Å². The zero-order valence-electron chi connectivity index (χ0n) is 11.8. The van der Waals surface area contributed by atoms with Crippen LogP contribution in [0.15, 0.2) is 22.7 Å². The molecule has 7 heteroatoms. The molecule has 2 rings (SSSR count). The summed E-state index contributed by atoms with van der Waals surface area (Å²) in [5.74, 6) is -2.01. The molecule has 0 aliphatic carbocycles. The lowest BCUT2D eigenvalue weighted by Crippen LogP contribution is -2.31. The first-order valence-corrected chi connectivity index (χ1v) is 6.32. The largest absolute Gasteiger partial charge is 0.465 e. The van der Waals surface area contributed by atoms with Gasteiger partial charge in [-0.25, -0.2) is 8.78 Å². The van der Waals surface area contributed by atoms with Crippen LogP contribution in [0.4, 0.5) is 8.78 Å². The van der Waals surface area contributed by atoms with Crippen LogP contribution in [0.2, 0.25) is 0 Å². The van der Waals surface area contributed by atoms with Gasteiger partial charge in [0, 0.05) is 11.6 Å². The minimum Gasteiger partial charge on any atom is -0.465 e. The Balaban J connectivity index is 2.35. The van der Waals surface area contributed by atoms with Crippen molar-refractivity contribution >= 4 is 5.97 Å². The van der Waals surface area contributed by atoms with Gasteiger partial charge in [-0.2, -0.15) is 4.98 Å². The molecule has 0 amide bonds. The molecular weight excluding hydrogens is 282 g/mol. The van der Waals surface area contributed by atoms with Crippen molar-refractivity contribution in [3.63, 3.8) is 0 Å². The molecule has 1 aromatic carbocycles. The van der Waals surface area contributed by atoms with E-state index >= 15 is 0 Å². The van der Waals surface area contributed by atoms with Crippen molar-refractivity contribution in [2.75, 3.05) is 6.61 Å². The summed E-state index contributed by atoms with van der Waals surface area (Å²) in [4.78, 5) is 15.9. The fourth-order valence-electron chi connectivity index (χ4n) is 1.68. The predicted octanol–water partition coefficient (Wildman–Crippen LogP) is 2.86. The number of rotatable bonds is 4. The second-order valence-electron chi connectivity index (χ2n) is 4.93. The summed E-state index contributed by atoms with van der Waals surface area (Å²) < 4.78 is 36.3. The third-order valence-corrected chi connectivity index (χ3v) is 2.87. The van der Waals surface area contributed by atoms with Crippen molar-refractivity contribution in [2.45, 2.75) is 26.2 Å². The number of carbonyl (C=O) groups is 1. The Morgan fingerprint density at radius 3 is 2.48 bits per heavy atom. The van der Waals surface area contributed by atoms with Gasteiger partial charge in [-0.15, -0.1) is 0 Å². The van der Waals surface area contributed by atoms with E-state index in [0.29, 0.717) is 0 Å². The molecule has 0 aliphatic rings. The Labute approximate surface area is 119 Å². The van der Waals surface area contributed by atoms with E-state index in [1.54, 1.807) is 20.8 Å². The summed E-state index contributed by atoms with van der Waals surface area (Å²) in [5, 5.41) is 3.65. The van der Waals surface area contributed by atoms with Crippen LogP contribution in [-0.4, -0.2) is 22.7 Å². The molecule has 1 heterocycles. The Morgan fingerprint density at radius 2 is 1.90 bits per heavy atom. The first-order chi connectivity index (χ1) is 9.84. The van der Waals surface area contributed by atoms with E-state index in [1.165, 1.54) is 0 Å². The van der Waals surface area contributed by atoms with Gasteiger partial charge in [-0.1, -0.05) is 5.16 Å². The van der Waals surface area contributed by atoms with E-state index in [0.717, 1.165) is 18.2 Å². The standard InChI is InChI=1S/C14H14F2N2O3/c1-4-20-13(19)14(2,3)12-17-11(18-21-12)8-5-9(15)7-10(16)6-8/h5-7H,4H2,1-3H3. The number of halogens is 2. The smallest absolute Gasteiger partial charge is 0.321 e. The van der Waals surface area contributed by atoms with Gasteiger partial charge in [0.2, 0.25) is 11.7 Å². The number of hydrogen-bond donors (Lipinski definition) is 0. The predicted molar refractivity (Wildman–Crippen MR) is 69.3 cm³/mol. The minimum atomic E-state index is -1.15. The van der Waals surface area contributed by atoms with Crippen molar-refractivity contribution < 1.29 is 22.8 Å². The number of carbonyl (C=O) groups excluding carboxylic acids is 1. The summed E-state index contributed by atoms with van der Waals surface area (Å²) in [5.41, 5.74) is -1.02. The monoisotopic (exact) mass is 296 g/mol. The summed E-state index contributed by atoms with van der Waals surface area (Å²) >= 11 is 0. The van der Waals surface area contributed by atoms with E-state index in [-0.39, 0.29) is 23.9 Å². The van der Waals surface area contributed by atoms with Crippen LogP contribution in [0, 0.1) is 11.6 Å². The Bertz CT molecular complexity index is 648. The second kappa shape index (κ2) is 5.59. The number of hydrogen-bond acceptors (Lipinski definition) is 5. The molecular formula is C14H14F2N2O3. The highest BCUT2D eigenvalue weighted by molar-refractivity contribution is 5.80. The van der Waals surface area contributed by atoms with Gasteiger partial charge < -0.3 is 9.26 Å². The van der Waals surface area contributed by atoms with Crippen LogP contribution < -0.4 is 0 Å². The van der Waals surface area contributed by atoms with Gasteiger partial charge in [0.1, 0.15) is 17.0 Å². The van der Waals surface area contributed by atoms with Gasteiger partial charge in [0.25, 0.3) is 0 Å². The maximum Gasteiger partial charge on any atom is 0.321 e. The molecule has 0 aliphatic heterocycles. The molecule has 21 heavy (non-hydrogen) atoms. The van der Waals surface area contributed by atoms with Gasteiger partial charge in [0.05, 0.1) is 6.61 Å². The van der Waals surface area contributed by atoms with Gasteiger partial charge in [-0.3, -0.25) is 4.79 Å². The van der Waals surface area contributed by atoms with Gasteiger partial charge in [-0.05, 0) is 32.9 Å². The number of benzene rings is 1. The molecule has 0 radical (unpaired) electrons. The average molecular weight is 296 g/mol. The summed E-state index contributed by atoms with van der Waals surface area (Å²) in [6.45, 7) is 5.03. The van der Waals surface area contributed by atoms with Crippen LogP contribution in [0.25, 0.3) is 11.4 Å². The highest BCUT2D eigenvalue weighted by Gasteiger charge is 2.37. The number of ether oxygens (including phenoxy) is 1. The molecule has 0 N–H and O–H groups in total. The van der Waals surface area contributed by atoms with Crippen LogP contribution in [0.1, 0.15) is 26.7 Å². The quantitative estimate of drug-likeness (QED) is 0.812. The Hall–Kier alpha value is -2.31. The maximum absolute atomic E-state index is 13.2. The Kier molecular flexibility index (Phi) is 4.02. The van der Waals surface area contributed by atoms with Crippen LogP contribution in [-0.2, 0) is 14.9 Å². The van der Waals surface area contributed by atoms with Crippen LogP contribution in [0.5, 0.6) is 0 Å². The second-order valence-corrected chi connectivity index (χ2v) is 4.93. The Morgan fingerprint density at radius 1 is 1.29 bits per heavy atom. The lowest BCUT2D eigenvalue weighted by molar-refractivity contribution is -0.149. The zero-order chi connectivity index (χ0) is 15.6. The lowest BCUT2D eigenvalue weighted by atomic mass is 9.94. The van der Waals surface area contributed by atoms with Crippen molar-refractivity contribution in [3.8, 4) is 11.4 Å². The van der Waals surface area contributed by atoms with Crippen molar-refractivity contribution in [1.82, 2.24) is 10.1 Å². The first kappa shape index (κ1) is 15.1.